The number of allylic oxidation sites excluding steroid dienone is 10. The highest BCUT2D eigenvalue weighted by atomic mass is 16.6. The van der Waals surface area contributed by atoms with E-state index in [0.29, 0.717) is 12.8 Å². The number of unbranched alkanes of at least 4 members (excludes halogenated alkanes) is 11. The zero-order valence-electron chi connectivity index (χ0n) is 33.7. The topological polar surface area (TPSA) is 102 Å². The number of carboxylic acid groups (broad SMARTS) is 1. The van der Waals surface area contributed by atoms with Crippen LogP contribution in [-0.2, 0) is 28.6 Å². The summed E-state index contributed by atoms with van der Waals surface area (Å²) in [6, 6.07) is -0.733. The first kappa shape index (κ1) is 49.0. The Bertz CT molecular complexity index is 1040. The van der Waals surface area contributed by atoms with Crippen LogP contribution in [0.2, 0.25) is 0 Å². The molecule has 0 aliphatic rings. The fraction of sp³-hybridized carbons (Fsp3) is 0.705. The van der Waals surface area contributed by atoms with Crippen molar-refractivity contribution < 1.29 is 38.2 Å². The minimum atomic E-state index is -1.13. The predicted octanol–water partition coefficient (Wildman–Crippen LogP) is 9.30. The molecule has 0 N–H and O–H groups in total. The lowest BCUT2D eigenvalue weighted by Gasteiger charge is -2.34. The number of likely N-dealkylation sites (N-methyl/N-ethyl adjacent to an activating group) is 1. The summed E-state index contributed by atoms with van der Waals surface area (Å²) in [6.45, 7) is 4.46. The number of carboxylic acids is 1. The molecule has 0 saturated heterocycles. The summed E-state index contributed by atoms with van der Waals surface area (Å²) >= 11 is 0. The minimum Gasteiger partial charge on any atom is -0.544 e. The summed E-state index contributed by atoms with van der Waals surface area (Å²) < 4.78 is 17.1. The quantitative estimate of drug-likeness (QED) is 0.0277. The van der Waals surface area contributed by atoms with Gasteiger partial charge in [0.15, 0.2) is 6.10 Å². The standard InChI is InChI=1S/C44H75NO7/c1-6-8-10-12-14-16-18-20-21-22-23-25-26-28-30-32-34-42(46)51-39-40(38-50-37-36-41(44(48)49)45(3,4)5)52-43(47)35-33-31-29-27-24-19-17-15-13-11-9-7-2/h8,10,14-17,20-21,23,25,40-41H,6-7,9,11-13,18-19,22,24,26-39H2,1-5H3/b10-8+,16-14+,17-15+,21-20+,25-23+. The zero-order valence-corrected chi connectivity index (χ0v) is 33.7. The maximum absolute atomic E-state index is 12.6. The van der Waals surface area contributed by atoms with Crippen LogP contribution in [0, 0.1) is 0 Å². The number of ether oxygens (including phenoxy) is 3. The molecule has 0 rings (SSSR count). The Hall–Kier alpha value is -2.97. The Balaban J connectivity index is 4.46. The second-order valence-corrected chi connectivity index (χ2v) is 14.5. The summed E-state index contributed by atoms with van der Waals surface area (Å²) in [6.07, 6.45) is 41.0. The molecule has 8 heteroatoms. The van der Waals surface area contributed by atoms with Crippen molar-refractivity contribution in [1.82, 2.24) is 0 Å². The Kier molecular flexibility index (Phi) is 33.1. The van der Waals surface area contributed by atoms with Gasteiger partial charge in [-0.15, -0.1) is 0 Å². The molecular weight excluding hydrogens is 654 g/mol. The number of esters is 2. The van der Waals surface area contributed by atoms with Crippen LogP contribution < -0.4 is 5.11 Å². The average Bonchev–Trinajstić information content (AvgIpc) is 3.09. The van der Waals surface area contributed by atoms with E-state index >= 15 is 0 Å². The maximum atomic E-state index is 12.6. The van der Waals surface area contributed by atoms with Crippen LogP contribution in [0.4, 0.5) is 0 Å². The number of rotatable bonds is 35. The summed E-state index contributed by atoms with van der Waals surface area (Å²) in [5.41, 5.74) is 0. The first-order valence-electron chi connectivity index (χ1n) is 20.3. The van der Waals surface area contributed by atoms with Crippen molar-refractivity contribution in [3.05, 3.63) is 60.8 Å². The van der Waals surface area contributed by atoms with E-state index < -0.39 is 18.1 Å². The molecule has 2 atom stereocenters. The van der Waals surface area contributed by atoms with E-state index in [9.17, 15) is 19.5 Å². The van der Waals surface area contributed by atoms with E-state index in [1.165, 1.54) is 25.7 Å². The molecule has 0 fully saturated rings. The van der Waals surface area contributed by atoms with Gasteiger partial charge in [0.1, 0.15) is 12.6 Å². The molecule has 0 heterocycles. The van der Waals surface area contributed by atoms with Gasteiger partial charge in [-0.2, -0.15) is 0 Å². The van der Waals surface area contributed by atoms with E-state index in [1.807, 2.05) is 0 Å². The van der Waals surface area contributed by atoms with Crippen LogP contribution in [0.15, 0.2) is 60.8 Å². The highest BCUT2D eigenvalue weighted by Crippen LogP contribution is 2.12. The van der Waals surface area contributed by atoms with Crippen LogP contribution >= 0.6 is 0 Å². The third kappa shape index (κ3) is 32.9. The molecule has 0 aliphatic carbocycles. The predicted molar refractivity (Wildman–Crippen MR) is 212 cm³/mol. The Morgan fingerprint density at radius 3 is 1.63 bits per heavy atom. The number of nitrogens with zero attached hydrogens (tertiary/aromatic N) is 1. The number of hydrogen-bond donors (Lipinski definition) is 0. The zero-order chi connectivity index (χ0) is 38.5. The number of hydrogen-bond acceptors (Lipinski definition) is 7. The summed E-state index contributed by atoms with van der Waals surface area (Å²) in [7, 11) is 5.38. The van der Waals surface area contributed by atoms with Gasteiger partial charge in [-0.05, 0) is 77.0 Å². The number of carbonyl (C=O) groups is 3. The fourth-order valence-electron chi connectivity index (χ4n) is 5.47. The van der Waals surface area contributed by atoms with Crippen LogP contribution in [0.25, 0.3) is 0 Å². The van der Waals surface area contributed by atoms with E-state index in [0.717, 1.165) is 89.9 Å². The smallest absolute Gasteiger partial charge is 0.306 e. The Morgan fingerprint density at radius 1 is 0.596 bits per heavy atom. The number of quaternary nitrogens is 1. The second kappa shape index (κ2) is 35.1. The molecule has 52 heavy (non-hydrogen) atoms. The van der Waals surface area contributed by atoms with Gasteiger partial charge in [0.05, 0.1) is 40.3 Å². The molecule has 0 spiro atoms. The van der Waals surface area contributed by atoms with Gasteiger partial charge in [0.25, 0.3) is 0 Å². The Labute approximate surface area is 318 Å². The largest absolute Gasteiger partial charge is 0.544 e. The van der Waals surface area contributed by atoms with E-state index in [1.54, 1.807) is 21.1 Å². The molecule has 8 nitrogen and oxygen atoms in total. The van der Waals surface area contributed by atoms with Crippen molar-refractivity contribution in [2.75, 3.05) is 41.0 Å². The highest BCUT2D eigenvalue weighted by Gasteiger charge is 2.25. The molecule has 298 valence electrons. The Morgan fingerprint density at radius 2 is 1.08 bits per heavy atom. The van der Waals surface area contributed by atoms with Gasteiger partial charge < -0.3 is 28.6 Å². The summed E-state index contributed by atoms with van der Waals surface area (Å²) in [4.78, 5) is 36.7. The lowest BCUT2D eigenvalue weighted by molar-refractivity contribution is -0.889. The third-order valence-corrected chi connectivity index (χ3v) is 8.64. The normalized spacial score (nSPS) is 13.6. The van der Waals surface area contributed by atoms with Gasteiger partial charge in [-0.1, -0.05) is 113 Å². The summed E-state index contributed by atoms with van der Waals surface area (Å²) in [5.74, 6) is -1.80. The van der Waals surface area contributed by atoms with Crippen molar-refractivity contribution in [2.45, 2.75) is 161 Å². The van der Waals surface area contributed by atoms with Crippen molar-refractivity contribution in [1.29, 1.82) is 0 Å². The molecular formula is C44H75NO7. The lowest BCUT2D eigenvalue weighted by Crippen LogP contribution is -2.55. The molecule has 0 bridgehead atoms. The van der Waals surface area contributed by atoms with Gasteiger partial charge in [-0.3, -0.25) is 9.59 Å². The van der Waals surface area contributed by atoms with Gasteiger partial charge >= 0.3 is 11.9 Å². The molecule has 0 aromatic rings. The molecule has 0 saturated carbocycles. The molecule has 0 aromatic carbocycles. The van der Waals surface area contributed by atoms with Crippen molar-refractivity contribution in [3.63, 3.8) is 0 Å². The van der Waals surface area contributed by atoms with Crippen molar-refractivity contribution >= 4 is 17.9 Å². The van der Waals surface area contributed by atoms with E-state index in [-0.39, 0.29) is 42.7 Å². The van der Waals surface area contributed by atoms with Crippen molar-refractivity contribution in [3.8, 4) is 0 Å². The van der Waals surface area contributed by atoms with Crippen LogP contribution in [-0.4, -0.2) is 75.5 Å². The third-order valence-electron chi connectivity index (χ3n) is 8.64. The second-order valence-electron chi connectivity index (χ2n) is 14.5. The first-order valence-corrected chi connectivity index (χ1v) is 20.3. The monoisotopic (exact) mass is 730 g/mol. The van der Waals surface area contributed by atoms with Crippen molar-refractivity contribution in [2.24, 2.45) is 0 Å². The van der Waals surface area contributed by atoms with Crippen LogP contribution in [0.1, 0.15) is 149 Å². The average molecular weight is 730 g/mol. The van der Waals surface area contributed by atoms with Gasteiger partial charge in [-0.25, -0.2) is 0 Å². The highest BCUT2D eigenvalue weighted by molar-refractivity contribution is 5.70. The van der Waals surface area contributed by atoms with Gasteiger partial charge in [0.2, 0.25) is 0 Å². The van der Waals surface area contributed by atoms with E-state index in [4.69, 9.17) is 14.2 Å². The molecule has 2 unspecified atom stereocenters. The maximum Gasteiger partial charge on any atom is 0.306 e. The lowest BCUT2D eigenvalue weighted by atomic mass is 10.1. The number of carbonyl (C=O) groups excluding carboxylic acids is 3. The fourth-order valence-corrected chi connectivity index (χ4v) is 5.47. The SMILES string of the molecule is CC/C=C/C/C=C/C/C=C/C/C=C/CCCCCC(=O)OCC(COCCC(C(=O)[O-])[N+](C)(C)C)OC(=O)CCCCCCC/C=C/CCCCC. The molecule has 0 radical (unpaired) electrons. The van der Waals surface area contributed by atoms with Crippen LogP contribution in [0.3, 0.4) is 0 Å². The molecule has 0 aromatic heterocycles. The summed E-state index contributed by atoms with van der Waals surface area (Å²) in [5, 5.41) is 11.6. The number of aliphatic carboxylic acids is 1. The van der Waals surface area contributed by atoms with Gasteiger partial charge in [0, 0.05) is 19.3 Å². The van der Waals surface area contributed by atoms with E-state index in [2.05, 4.69) is 74.6 Å². The molecule has 0 amide bonds. The minimum absolute atomic E-state index is 0.0246. The van der Waals surface area contributed by atoms with Crippen LogP contribution in [0.5, 0.6) is 0 Å². The molecule has 0 aliphatic heterocycles. The first-order chi connectivity index (χ1) is 25.1.